The van der Waals surface area contributed by atoms with Gasteiger partial charge < -0.3 is 5.32 Å². The van der Waals surface area contributed by atoms with Gasteiger partial charge in [-0.15, -0.1) is 0 Å². The van der Waals surface area contributed by atoms with Crippen LogP contribution < -0.4 is 5.32 Å². The van der Waals surface area contributed by atoms with Crippen molar-refractivity contribution in [3.8, 4) is 0 Å². The Morgan fingerprint density at radius 1 is 1.12 bits per heavy atom. The van der Waals surface area contributed by atoms with Gasteiger partial charge in [0.25, 0.3) is 0 Å². The summed E-state index contributed by atoms with van der Waals surface area (Å²) in [7, 11) is 0. The molecule has 0 aliphatic carbocycles. The molecular formula is C16H27N. The molecule has 1 unspecified atom stereocenters. The van der Waals surface area contributed by atoms with E-state index in [9.17, 15) is 0 Å². The highest BCUT2D eigenvalue weighted by molar-refractivity contribution is 5.33. The maximum absolute atomic E-state index is 3.56. The van der Waals surface area contributed by atoms with E-state index in [0.717, 1.165) is 12.5 Å². The van der Waals surface area contributed by atoms with Gasteiger partial charge in [0, 0.05) is 6.04 Å². The third-order valence-electron chi connectivity index (χ3n) is 3.53. The predicted molar refractivity (Wildman–Crippen MR) is 76.5 cm³/mol. The Morgan fingerprint density at radius 2 is 1.71 bits per heavy atom. The zero-order valence-corrected chi connectivity index (χ0v) is 12.0. The van der Waals surface area contributed by atoms with Gasteiger partial charge in [0.1, 0.15) is 0 Å². The van der Waals surface area contributed by atoms with Crippen molar-refractivity contribution in [2.45, 2.75) is 53.5 Å². The van der Waals surface area contributed by atoms with Crippen LogP contribution in [0.25, 0.3) is 0 Å². The molecule has 1 atom stereocenters. The third-order valence-corrected chi connectivity index (χ3v) is 3.53. The van der Waals surface area contributed by atoms with Crippen molar-refractivity contribution in [2.24, 2.45) is 5.92 Å². The van der Waals surface area contributed by atoms with E-state index in [-0.39, 0.29) is 0 Å². The van der Waals surface area contributed by atoms with Gasteiger partial charge in [-0.25, -0.2) is 0 Å². The molecule has 0 spiro atoms. The lowest BCUT2D eigenvalue weighted by Crippen LogP contribution is -2.29. The van der Waals surface area contributed by atoms with E-state index in [1.54, 1.807) is 5.56 Å². The molecule has 0 saturated carbocycles. The average Bonchev–Trinajstić information content (AvgIpc) is 2.27. The molecule has 1 N–H and O–H groups in total. The van der Waals surface area contributed by atoms with E-state index in [1.165, 1.54) is 24.0 Å². The molecule has 0 bridgehead atoms. The van der Waals surface area contributed by atoms with E-state index < -0.39 is 0 Å². The number of hydrogen-bond donors (Lipinski definition) is 1. The highest BCUT2D eigenvalue weighted by atomic mass is 14.9. The van der Waals surface area contributed by atoms with Crippen molar-refractivity contribution in [1.29, 1.82) is 0 Å². The van der Waals surface area contributed by atoms with Gasteiger partial charge in [-0.2, -0.15) is 0 Å². The Balaban J connectivity index is 2.67. The number of rotatable bonds is 6. The zero-order chi connectivity index (χ0) is 12.8. The summed E-state index contributed by atoms with van der Waals surface area (Å²) in [5.41, 5.74) is 4.42. The molecule has 0 amide bonds. The number of hydrogen-bond acceptors (Lipinski definition) is 1. The van der Waals surface area contributed by atoms with Crippen molar-refractivity contribution in [1.82, 2.24) is 5.32 Å². The van der Waals surface area contributed by atoms with Crippen LogP contribution in [0.5, 0.6) is 0 Å². The molecule has 0 fully saturated rings. The lowest BCUT2D eigenvalue weighted by Gasteiger charge is -2.20. The molecule has 0 aliphatic heterocycles. The summed E-state index contributed by atoms with van der Waals surface area (Å²) >= 11 is 0. The van der Waals surface area contributed by atoms with Gasteiger partial charge >= 0.3 is 0 Å². The maximum atomic E-state index is 3.56. The SMILES string of the molecule is CCC(CNC(C)C)Cc1c(C)cccc1C. The zero-order valence-electron chi connectivity index (χ0n) is 12.0. The lowest BCUT2D eigenvalue weighted by atomic mass is 9.91. The van der Waals surface area contributed by atoms with E-state index in [2.05, 4.69) is 58.1 Å². The summed E-state index contributed by atoms with van der Waals surface area (Å²) in [6.45, 7) is 12.3. The van der Waals surface area contributed by atoms with Crippen LogP contribution in [-0.4, -0.2) is 12.6 Å². The number of aryl methyl sites for hydroxylation is 2. The van der Waals surface area contributed by atoms with Gasteiger partial charge in [0.05, 0.1) is 0 Å². The highest BCUT2D eigenvalue weighted by Gasteiger charge is 2.11. The summed E-state index contributed by atoms with van der Waals surface area (Å²) in [5.74, 6) is 0.747. The molecule has 1 aromatic rings. The molecular weight excluding hydrogens is 206 g/mol. The molecule has 0 radical (unpaired) electrons. The summed E-state index contributed by atoms with van der Waals surface area (Å²) in [6.07, 6.45) is 2.45. The smallest absolute Gasteiger partial charge is 0.00104 e. The first kappa shape index (κ1) is 14.2. The second kappa shape index (κ2) is 6.80. The van der Waals surface area contributed by atoms with Crippen LogP contribution in [0.4, 0.5) is 0 Å². The lowest BCUT2D eigenvalue weighted by molar-refractivity contribution is 0.435. The molecule has 0 aliphatic rings. The first-order chi connectivity index (χ1) is 8.04. The van der Waals surface area contributed by atoms with Crippen LogP contribution in [0.2, 0.25) is 0 Å². The first-order valence-corrected chi connectivity index (χ1v) is 6.83. The van der Waals surface area contributed by atoms with E-state index in [1.807, 2.05) is 0 Å². The van der Waals surface area contributed by atoms with Crippen LogP contribution >= 0.6 is 0 Å². The fourth-order valence-corrected chi connectivity index (χ4v) is 2.22. The summed E-state index contributed by atoms with van der Waals surface area (Å²) in [6, 6.07) is 7.19. The first-order valence-electron chi connectivity index (χ1n) is 6.83. The summed E-state index contributed by atoms with van der Waals surface area (Å²) < 4.78 is 0. The molecule has 17 heavy (non-hydrogen) atoms. The molecule has 1 rings (SSSR count). The minimum atomic E-state index is 0.585. The topological polar surface area (TPSA) is 12.0 Å². The maximum Gasteiger partial charge on any atom is 0.00104 e. The largest absolute Gasteiger partial charge is 0.314 e. The van der Waals surface area contributed by atoms with Crippen LogP contribution in [0.15, 0.2) is 18.2 Å². The van der Waals surface area contributed by atoms with Crippen LogP contribution in [0.1, 0.15) is 43.9 Å². The fraction of sp³-hybridized carbons (Fsp3) is 0.625. The average molecular weight is 233 g/mol. The minimum Gasteiger partial charge on any atom is -0.314 e. The standard InChI is InChI=1S/C16H27N/c1-6-15(11-17-12(2)3)10-16-13(4)8-7-9-14(16)5/h7-9,12,15,17H,6,10-11H2,1-5H3. The Bertz CT molecular complexity index is 321. The predicted octanol–water partition coefficient (Wildman–Crippen LogP) is 3.87. The van der Waals surface area contributed by atoms with Crippen molar-refractivity contribution in [3.63, 3.8) is 0 Å². The van der Waals surface area contributed by atoms with Crippen molar-refractivity contribution < 1.29 is 0 Å². The molecule has 96 valence electrons. The number of nitrogens with one attached hydrogen (secondary N) is 1. The van der Waals surface area contributed by atoms with Crippen LogP contribution in [0.3, 0.4) is 0 Å². The molecule has 0 aromatic heterocycles. The van der Waals surface area contributed by atoms with Gasteiger partial charge in [-0.1, -0.05) is 45.4 Å². The van der Waals surface area contributed by atoms with Crippen molar-refractivity contribution >= 4 is 0 Å². The molecule has 0 heterocycles. The Labute approximate surface area is 107 Å². The van der Waals surface area contributed by atoms with Gasteiger partial charge in [0.2, 0.25) is 0 Å². The Morgan fingerprint density at radius 3 is 2.18 bits per heavy atom. The highest BCUT2D eigenvalue weighted by Crippen LogP contribution is 2.19. The fourth-order valence-electron chi connectivity index (χ4n) is 2.22. The third kappa shape index (κ3) is 4.51. The Kier molecular flexibility index (Phi) is 5.70. The molecule has 1 heteroatoms. The van der Waals surface area contributed by atoms with Crippen LogP contribution in [0, 0.1) is 19.8 Å². The minimum absolute atomic E-state index is 0.585. The van der Waals surface area contributed by atoms with Crippen molar-refractivity contribution in [2.75, 3.05) is 6.54 Å². The molecule has 1 aromatic carbocycles. The second-order valence-corrected chi connectivity index (χ2v) is 5.41. The Hall–Kier alpha value is -0.820. The normalized spacial score (nSPS) is 13.1. The quantitative estimate of drug-likeness (QED) is 0.786. The van der Waals surface area contributed by atoms with Gasteiger partial charge in [-0.05, 0) is 49.4 Å². The monoisotopic (exact) mass is 233 g/mol. The van der Waals surface area contributed by atoms with E-state index in [4.69, 9.17) is 0 Å². The van der Waals surface area contributed by atoms with Gasteiger partial charge in [-0.3, -0.25) is 0 Å². The molecule has 0 saturated heterocycles. The van der Waals surface area contributed by atoms with Crippen LogP contribution in [-0.2, 0) is 6.42 Å². The van der Waals surface area contributed by atoms with Gasteiger partial charge in [0.15, 0.2) is 0 Å². The van der Waals surface area contributed by atoms with Crippen molar-refractivity contribution in [3.05, 3.63) is 34.9 Å². The summed E-state index contributed by atoms with van der Waals surface area (Å²) in [5, 5.41) is 3.56. The number of benzene rings is 1. The van der Waals surface area contributed by atoms with E-state index >= 15 is 0 Å². The van der Waals surface area contributed by atoms with E-state index in [0.29, 0.717) is 6.04 Å². The second-order valence-electron chi connectivity index (χ2n) is 5.41. The summed E-state index contributed by atoms with van der Waals surface area (Å²) in [4.78, 5) is 0. The molecule has 1 nitrogen and oxygen atoms in total.